The second kappa shape index (κ2) is 8.49. The van der Waals surface area contributed by atoms with Crippen LogP contribution in [0.2, 0.25) is 5.02 Å². The molecule has 0 aromatic heterocycles. The predicted octanol–water partition coefficient (Wildman–Crippen LogP) is 4.14. The van der Waals surface area contributed by atoms with Gasteiger partial charge in [-0.25, -0.2) is 0 Å². The number of nitrogens with one attached hydrogen (secondary N) is 2. The maximum Gasteiger partial charge on any atom is 0.255 e. The number of carbonyl (C=O) groups excluding carboxylic acids is 1. The van der Waals surface area contributed by atoms with Gasteiger partial charge in [-0.05, 0) is 18.2 Å². The quantitative estimate of drug-likeness (QED) is 0.675. The zero-order chi connectivity index (χ0) is 21.3. The molecule has 2 heterocycles. The summed E-state index contributed by atoms with van der Waals surface area (Å²) in [6.07, 6.45) is 1.33. The molecule has 0 radical (unpaired) electrons. The van der Waals surface area contributed by atoms with Crippen molar-refractivity contribution in [2.45, 2.75) is 12.2 Å². The molecule has 0 saturated carbocycles. The minimum absolute atomic E-state index is 0.137. The summed E-state index contributed by atoms with van der Waals surface area (Å²) >= 11 is 7.86. The van der Waals surface area contributed by atoms with E-state index in [0.717, 1.165) is 16.8 Å². The van der Waals surface area contributed by atoms with Crippen LogP contribution in [0.15, 0.2) is 54.2 Å². The van der Waals surface area contributed by atoms with E-state index in [4.69, 9.17) is 26.2 Å². The number of methoxy groups -OCH3 is 2. The van der Waals surface area contributed by atoms with Gasteiger partial charge in [0.25, 0.3) is 5.91 Å². The molecule has 2 N–H and O–H groups in total. The van der Waals surface area contributed by atoms with E-state index in [2.05, 4.69) is 17.2 Å². The van der Waals surface area contributed by atoms with E-state index in [-0.39, 0.29) is 5.91 Å². The Morgan fingerprint density at radius 2 is 2.10 bits per heavy atom. The van der Waals surface area contributed by atoms with Crippen molar-refractivity contribution in [1.82, 2.24) is 10.3 Å². The number of amides is 1. The fraction of sp³-hybridized carbons (Fsp3) is 0.238. The molecule has 0 aliphatic carbocycles. The number of carbonyl (C=O) groups is 1. The molecule has 2 aromatic carbocycles. The molecule has 0 spiro atoms. The molecule has 30 heavy (non-hydrogen) atoms. The maximum atomic E-state index is 13.1. The first-order valence-electron chi connectivity index (χ1n) is 9.25. The summed E-state index contributed by atoms with van der Waals surface area (Å²) in [5, 5.41) is 13.8. The fourth-order valence-corrected chi connectivity index (χ4v) is 4.48. The smallest absolute Gasteiger partial charge is 0.255 e. The summed E-state index contributed by atoms with van der Waals surface area (Å²) in [5.41, 5.74) is 2.51. The number of anilines is 1. The van der Waals surface area contributed by atoms with Crippen molar-refractivity contribution in [3.05, 3.63) is 65.2 Å². The van der Waals surface area contributed by atoms with Gasteiger partial charge in [0.05, 0.1) is 19.2 Å². The van der Waals surface area contributed by atoms with Crippen LogP contribution in [0, 0.1) is 0 Å². The minimum Gasteiger partial charge on any atom is -0.493 e. The van der Waals surface area contributed by atoms with Crippen LogP contribution in [0.5, 0.6) is 11.5 Å². The summed E-state index contributed by atoms with van der Waals surface area (Å²) in [6.45, 7) is 3.73. The molecule has 0 saturated heterocycles. The Bertz CT molecular complexity index is 1030. The van der Waals surface area contributed by atoms with E-state index < -0.39 is 12.2 Å². The van der Waals surface area contributed by atoms with Gasteiger partial charge in [0.1, 0.15) is 6.17 Å². The zero-order valence-electron chi connectivity index (χ0n) is 16.5. The maximum absolute atomic E-state index is 13.1. The Balaban J connectivity index is 1.84. The van der Waals surface area contributed by atoms with Crippen LogP contribution in [0.1, 0.15) is 23.3 Å². The van der Waals surface area contributed by atoms with Crippen LogP contribution < -0.4 is 20.1 Å². The molecule has 0 bridgehead atoms. The number of fused-ring (bicyclic) bond motifs is 3. The van der Waals surface area contributed by atoms with E-state index in [1.807, 2.05) is 30.3 Å². The van der Waals surface area contributed by atoms with Gasteiger partial charge in [0.15, 0.2) is 22.7 Å². The summed E-state index contributed by atoms with van der Waals surface area (Å²) in [5.74, 6) is 1.46. The van der Waals surface area contributed by atoms with Crippen molar-refractivity contribution in [2.75, 3.05) is 25.3 Å². The van der Waals surface area contributed by atoms with E-state index in [1.54, 1.807) is 24.3 Å². The fourth-order valence-electron chi connectivity index (χ4n) is 3.59. The summed E-state index contributed by atoms with van der Waals surface area (Å²) < 4.78 is 10.8. The summed E-state index contributed by atoms with van der Waals surface area (Å²) in [7, 11) is 3.10. The number of halogens is 1. The highest BCUT2D eigenvalue weighted by Gasteiger charge is 2.42. The number of hydrogen-bond donors (Lipinski definition) is 2. The van der Waals surface area contributed by atoms with Crippen LogP contribution in [0.25, 0.3) is 0 Å². The van der Waals surface area contributed by atoms with Crippen molar-refractivity contribution in [2.24, 2.45) is 5.10 Å². The van der Waals surface area contributed by atoms with Crippen molar-refractivity contribution < 1.29 is 14.3 Å². The van der Waals surface area contributed by atoms with Gasteiger partial charge in [-0.1, -0.05) is 47.6 Å². The van der Waals surface area contributed by atoms with Crippen LogP contribution in [0.4, 0.5) is 5.69 Å². The third kappa shape index (κ3) is 3.57. The number of hydrazone groups is 1. The molecule has 2 aliphatic rings. The van der Waals surface area contributed by atoms with Gasteiger partial charge in [0, 0.05) is 22.6 Å². The van der Waals surface area contributed by atoms with Crippen molar-refractivity contribution in [3.63, 3.8) is 0 Å². The lowest BCUT2D eigenvalue weighted by atomic mass is 9.97. The van der Waals surface area contributed by atoms with Crippen LogP contribution in [0.3, 0.4) is 0 Å². The molecule has 0 fully saturated rings. The van der Waals surface area contributed by atoms with Crippen molar-refractivity contribution >= 4 is 40.1 Å². The van der Waals surface area contributed by atoms with Gasteiger partial charge < -0.3 is 20.1 Å². The number of ether oxygens (including phenoxy) is 2. The Morgan fingerprint density at radius 3 is 2.83 bits per heavy atom. The third-order valence-electron chi connectivity index (χ3n) is 4.87. The molecule has 1 amide bonds. The average molecular weight is 445 g/mol. The highest BCUT2D eigenvalue weighted by atomic mass is 35.5. The molecular formula is C21H21ClN4O3S. The zero-order valence-corrected chi connectivity index (χ0v) is 18.1. The molecular weight excluding hydrogens is 424 g/mol. The lowest BCUT2D eigenvalue weighted by Crippen LogP contribution is -2.50. The molecule has 7 nitrogen and oxygen atoms in total. The highest BCUT2D eigenvalue weighted by molar-refractivity contribution is 8.14. The van der Waals surface area contributed by atoms with Crippen LogP contribution >= 0.6 is 23.4 Å². The van der Waals surface area contributed by atoms with E-state index >= 15 is 0 Å². The lowest BCUT2D eigenvalue weighted by Gasteiger charge is -2.43. The molecule has 2 aliphatic heterocycles. The second-order valence-electron chi connectivity index (χ2n) is 6.65. The Kier molecular flexibility index (Phi) is 5.78. The Morgan fingerprint density at radius 1 is 1.30 bits per heavy atom. The number of nitrogens with zero attached hydrogens (tertiary/aromatic N) is 2. The first-order valence-corrected chi connectivity index (χ1v) is 10.6. The second-order valence-corrected chi connectivity index (χ2v) is 8.06. The minimum atomic E-state index is -0.576. The molecule has 9 heteroatoms. The number of hydrogen-bond acceptors (Lipinski definition) is 7. The van der Waals surface area contributed by atoms with Crippen molar-refractivity contribution in [3.8, 4) is 11.5 Å². The molecule has 4 rings (SSSR count). The van der Waals surface area contributed by atoms with E-state index in [9.17, 15) is 4.79 Å². The number of amidine groups is 1. The van der Waals surface area contributed by atoms with Gasteiger partial charge in [0.2, 0.25) is 0 Å². The first-order chi connectivity index (χ1) is 14.6. The third-order valence-corrected chi connectivity index (χ3v) is 6.01. The highest BCUT2D eigenvalue weighted by Crippen LogP contribution is 2.45. The number of rotatable bonds is 5. The van der Waals surface area contributed by atoms with Crippen LogP contribution in [-0.2, 0) is 4.79 Å². The number of thioether (sulfide) groups is 1. The first kappa shape index (κ1) is 20.4. The predicted molar refractivity (Wildman–Crippen MR) is 120 cm³/mol. The Hall–Kier alpha value is -2.84. The van der Waals surface area contributed by atoms with Gasteiger partial charge in [-0.15, -0.1) is 11.7 Å². The van der Waals surface area contributed by atoms with Crippen LogP contribution in [-0.4, -0.2) is 36.1 Å². The molecule has 2 atom stereocenters. The van der Waals surface area contributed by atoms with Gasteiger partial charge >= 0.3 is 0 Å². The summed E-state index contributed by atoms with van der Waals surface area (Å²) in [6, 6.07) is 10.8. The SMILES string of the molecule is C=CCSC1=NN2[C@H](C(=O)N1)c1ccccc1N[C@H]2c1cc(Cl)c(OC)c(OC)c1. The van der Waals surface area contributed by atoms with Crippen molar-refractivity contribution in [1.29, 1.82) is 0 Å². The van der Waals surface area contributed by atoms with Gasteiger partial charge in [-0.3, -0.25) is 9.80 Å². The normalized spacial score (nSPS) is 19.6. The monoisotopic (exact) mass is 444 g/mol. The Labute approximate surface area is 184 Å². The standard InChI is InChI=1S/C21H21ClN4O3S/c1-4-9-30-21-24-20(27)17-13-7-5-6-8-15(13)23-19(26(17)25-21)12-10-14(22)18(29-3)16(11-12)28-2/h4-8,10-11,17,19,23H,1,9H2,2-3H3,(H,24,25,27)/t17-,19+/m0/s1. The molecule has 2 aromatic rings. The van der Waals surface area contributed by atoms with E-state index in [1.165, 1.54) is 18.9 Å². The average Bonchev–Trinajstić information content (AvgIpc) is 2.76. The van der Waals surface area contributed by atoms with E-state index in [0.29, 0.717) is 27.4 Å². The summed E-state index contributed by atoms with van der Waals surface area (Å²) in [4.78, 5) is 13.1. The topological polar surface area (TPSA) is 75.2 Å². The van der Waals surface area contributed by atoms with Gasteiger partial charge in [-0.2, -0.15) is 0 Å². The largest absolute Gasteiger partial charge is 0.493 e. The molecule has 156 valence electrons. The lowest BCUT2D eigenvalue weighted by molar-refractivity contribution is -0.127. The molecule has 0 unspecified atom stereocenters. The number of benzene rings is 2. The number of para-hydroxylation sites is 1.